The molecule has 0 aliphatic rings. The van der Waals surface area contributed by atoms with Gasteiger partial charge in [0.15, 0.2) is 5.89 Å². The number of aryl methyl sites for hydroxylation is 1. The topological polar surface area (TPSA) is 51.2 Å². The van der Waals surface area contributed by atoms with Crippen molar-refractivity contribution in [3.8, 4) is 11.3 Å². The molecule has 0 saturated carbocycles. The molecule has 3 rings (SSSR count). The van der Waals surface area contributed by atoms with Crippen molar-refractivity contribution in [2.75, 3.05) is 5.32 Å². The maximum atomic E-state index is 5.21. The second kappa shape index (κ2) is 5.02. The lowest BCUT2D eigenvalue weighted by atomic mass is 10.1. The van der Waals surface area contributed by atoms with E-state index in [1.165, 1.54) is 0 Å². The van der Waals surface area contributed by atoms with Crippen LogP contribution in [0.15, 0.2) is 58.0 Å². The van der Waals surface area contributed by atoms with Gasteiger partial charge in [0.1, 0.15) is 12.0 Å². The van der Waals surface area contributed by atoms with Crippen LogP contribution in [0.2, 0.25) is 0 Å². The Morgan fingerprint density at radius 2 is 1.95 bits per heavy atom. The monoisotopic (exact) mass is 254 g/mol. The number of nitrogens with one attached hydrogen (secondary N) is 1. The van der Waals surface area contributed by atoms with Crippen LogP contribution in [0.25, 0.3) is 11.3 Å². The van der Waals surface area contributed by atoms with Crippen LogP contribution in [0, 0.1) is 6.92 Å². The summed E-state index contributed by atoms with van der Waals surface area (Å²) in [5.41, 5.74) is 4.09. The molecule has 2 heterocycles. The lowest BCUT2D eigenvalue weighted by Crippen LogP contribution is -1.97. The number of furan rings is 1. The number of hydrogen-bond acceptors (Lipinski definition) is 4. The molecule has 0 fully saturated rings. The van der Waals surface area contributed by atoms with Crippen molar-refractivity contribution in [2.45, 2.75) is 13.5 Å². The largest absolute Gasteiger partial charge is 0.472 e. The maximum absolute atomic E-state index is 5.21. The van der Waals surface area contributed by atoms with E-state index in [0.29, 0.717) is 5.89 Å². The first kappa shape index (κ1) is 11.6. The number of rotatable bonds is 4. The van der Waals surface area contributed by atoms with Gasteiger partial charge in [-0.05, 0) is 18.2 Å². The van der Waals surface area contributed by atoms with Gasteiger partial charge in [-0.1, -0.05) is 12.1 Å². The quantitative estimate of drug-likeness (QED) is 0.768. The Bertz CT molecular complexity index is 639. The van der Waals surface area contributed by atoms with Crippen molar-refractivity contribution in [2.24, 2.45) is 0 Å². The molecule has 1 aromatic carbocycles. The average molecular weight is 254 g/mol. The molecule has 3 aromatic rings. The third-order valence-corrected chi connectivity index (χ3v) is 2.88. The summed E-state index contributed by atoms with van der Waals surface area (Å²) < 4.78 is 10.2. The van der Waals surface area contributed by atoms with Gasteiger partial charge in [0.2, 0.25) is 0 Å². The molecular formula is C15H14N2O2. The highest BCUT2D eigenvalue weighted by Crippen LogP contribution is 2.21. The van der Waals surface area contributed by atoms with Crippen LogP contribution < -0.4 is 5.32 Å². The molecule has 0 aliphatic carbocycles. The Labute approximate surface area is 111 Å². The van der Waals surface area contributed by atoms with Gasteiger partial charge in [0, 0.05) is 30.3 Å². The Morgan fingerprint density at radius 3 is 2.58 bits per heavy atom. The summed E-state index contributed by atoms with van der Waals surface area (Å²) in [5.74, 6) is 0.678. The second-order valence-electron chi connectivity index (χ2n) is 4.31. The minimum absolute atomic E-state index is 0.678. The summed E-state index contributed by atoms with van der Waals surface area (Å²) in [6, 6.07) is 10.0. The van der Waals surface area contributed by atoms with E-state index in [0.717, 1.165) is 29.1 Å². The van der Waals surface area contributed by atoms with Gasteiger partial charge in [0.05, 0.1) is 12.5 Å². The summed E-state index contributed by atoms with van der Waals surface area (Å²) in [6.45, 7) is 2.59. The third-order valence-electron chi connectivity index (χ3n) is 2.88. The van der Waals surface area contributed by atoms with Gasteiger partial charge >= 0.3 is 0 Å². The minimum Gasteiger partial charge on any atom is -0.472 e. The van der Waals surface area contributed by atoms with Crippen molar-refractivity contribution in [1.82, 2.24) is 4.98 Å². The molecule has 0 amide bonds. The number of aromatic nitrogens is 1. The highest BCUT2D eigenvalue weighted by Gasteiger charge is 2.03. The summed E-state index contributed by atoms with van der Waals surface area (Å²) in [4.78, 5) is 4.30. The zero-order chi connectivity index (χ0) is 13.1. The van der Waals surface area contributed by atoms with E-state index in [-0.39, 0.29) is 0 Å². The molecule has 4 nitrogen and oxygen atoms in total. The Balaban J connectivity index is 1.69. The summed E-state index contributed by atoms with van der Waals surface area (Å²) in [7, 11) is 0. The summed E-state index contributed by atoms with van der Waals surface area (Å²) >= 11 is 0. The van der Waals surface area contributed by atoms with Gasteiger partial charge < -0.3 is 14.2 Å². The first-order chi connectivity index (χ1) is 9.31. The number of hydrogen-bond donors (Lipinski definition) is 1. The molecule has 2 aromatic heterocycles. The van der Waals surface area contributed by atoms with Crippen molar-refractivity contribution < 1.29 is 8.83 Å². The van der Waals surface area contributed by atoms with Crippen molar-refractivity contribution in [3.05, 3.63) is 60.6 Å². The second-order valence-corrected chi connectivity index (χ2v) is 4.31. The summed E-state index contributed by atoms with van der Waals surface area (Å²) in [5, 5.41) is 3.33. The number of benzene rings is 1. The van der Waals surface area contributed by atoms with E-state index in [2.05, 4.69) is 10.3 Å². The number of nitrogens with zero attached hydrogens (tertiary/aromatic N) is 1. The lowest BCUT2D eigenvalue weighted by molar-refractivity contribution is 0.521. The van der Waals surface area contributed by atoms with Crippen molar-refractivity contribution in [3.63, 3.8) is 0 Å². The van der Waals surface area contributed by atoms with Crippen LogP contribution in [0.1, 0.15) is 11.5 Å². The predicted octanol–water partition coefficient (Wildman–Crippen LogP) is 3.86. The van der Waals surface area contributed by atoms with E-state index in [1.807, 2.05) is 37.3 Å². The number of oxazole rings is 1. The molecule has 0 radical (unpaired) electrons. The molecule has 0 aliphatic heterocycles. The lowest BCUT2D eigenvalue weighted by Gasteiger charge is -2.05. The van der Waals surface area contributed by atoms with E-state index < -0.39 is 0 Å². The molecule has 4 heteroatoms. The molecule has 0 unspecified atom stereocenters. The van der Waals surface area contributed by atoms with Crippen LogP contribution in [0.5, 0.6) is 0 Å². The number of anilines is 1. The molecule has 0 atom stereocenters. The van der Waals surface area contributed by atoms with Crippen LogP contribution in [-0.4, -0.2) is 4.98 Å². The van der Waals surface area contributed by atoms with Crippen LogP contribution in [-0.2, 0) is 6.54 Å². The Morgan fingerprint density at radius 1 is 1.11 bits per heavy atom. The average Bonchev–Trinajstić information content (AvgIpc) is 3.08. The molecule has 0 saturated heterocycles. The SMILES string of the molecule is Cc1nc(-c2ccc(NCc3ccoc3)cc2)co1. The molecule has 96 valence electrons. The summed E-state index contributed by atoms with van der Waals surface area (Å²) in [6.07, 6.45) is 5.08. The first-order valence-corrected chi connectivity index (χ1v) is 6.09. The van der Waals surface area contributed by atoms with Gasteiger partial charge in [-0.15, -0.1) is 0 Å². The highest BCUT2D eigenvalue weighted by molar-refractivity contribution is 5.61. The van der Waals surface area contributed by atoms with Crippen LogP contribution in [0.3, 0.4) is 0 Å². The van der Waals surface area contributed by atoms with E-state index in [4.69, 9.17) is 8.83 Å². The zero-order valence-corrected chi connectivity index (χ0v) is 10.6. The fourth-order valence-electron chi connectivity index (χ4n) is 1.85. The van der Waals surface area contributed by atoms with Crippen LogP contribution in [0.4, 0.5) is 5.69 Å². The van der Waals surface area contributed by atoms with Crippen molar-refractivity contribution in [1.29, 1.82) is 0 Å². The van der Waals surface area contributed by atoms with E-state index in [9.17, 15) is 0 Å². The van der Waals surface area contributed by atoms with Gasteiger partial charge in [-0.25, -0.2) is 4.98 Å². The third kappa shape index (κ3) is 2.68. The normalized spacial score (nSPS) is 10.6. The molecular weight excluding hydrogens is 240 g/mol. The van der Waals surface area contributed by atoms with Crippen molar-refractivity contribution >= 4 is 5.69 Å². The maximum Gasteiger partial charge on any atom is 0.191 e. The standard InChI is InChI=1S/C15H14N2O2/c1-11-17-15(10-19-11)13-2-4-14(5-3-13)16-8-12-6-7-18-9-12/h2-7,9-10,16H,8H2,1H3. The zero-order valence-electron chi connectivity index (χ0n) is 10.6. The van der Waals surface area contributed by atoms with Crippen LogP contribution >= 0.6 is 0 Å². The molecule has 0 spiro atoms. The fourth-order valence-corrected chi connectivity index (χ4v) is 1.85. The first-order valence-electron chi connectivity index (χ1n) is 6.09. The Kier molecular flexibility index (Phi) is 3.06. The molecule has 19 heavy (non-hydrogen) atoms. The predicted molar refractivity (Wildman–Crippen MR) is 72.7 cm³/mol. The minimum atomic E-state index is 0.678. The smallest absolute Gasteiger partial charge is 0.191 e. The van der Waals surface area contributed by atoms with E-state index >= 15 is 0 Å². The van der Waals surface area contributed by atoms with Gasteiger partial charge in [-0.3, -0.25) is 0 Å². The van der Waals surface area contributed by atoms with Gasteiger partial charge in [-0.2, -0.15) is 0 Å². The van der Waals surface area contributed by atoms with E-state index in [1.54, 1.807) is 18.8 Å². The molecule has 1 N–H and O–H groups in total. The molecule has 0 bridgehead atoms. The fraction of sp³-hybridized carbons (Fsp3) is 0.133. The Hall–Kier alpha value is -2.49. The van der Waals surface area contributed by atoms with Gasteiger partial charge in [0.25, 0.3) is 0 Å². The highest BCUT2D eigenvalue weighted by atomic mass is 16.3.